The number of nitrogens with two attached hydrogens (primary N) is 1. The Morgan fingerprint density at radius 3 is 2.75 bits per heavy atom. The lowest BCUT2D eigenvalue weighted by atomic mass is 10.4. The average Bonchev–Trinajstić information content (AvgIpc) is 3.01. The molecule has 0 aliphatic heterocycles. The van der Waals surface area contributed by atoms with Crippen LogP contribution in [0.25, 0.3) is 0 Å². The minimum atomic E-state index is 0.596. The number of hydrogen-bond donors (Lipinski definition) is 1. The third kappa shape index (κ3) is 2.52. The van der Waals surface area contributed by atoms with Crippen LogP contribution in [0.2, 0.25) is 0 Å². The van der Waals surface area contributed by atoms with E-state index in [4.69, 9.17) is 5.73 Å². The molecule has 0 bridgehead atoms. The number of hydrogen-bond acceptors (Lipinski definition) is 3. The van der Waals surface area contributed by atoms with Crippen LogP contribution in [0.15, 0.2) is 4.99 Å². The summed E-state index contributed by atoms with van der Waals surface area (Å²) in [6.45, 7) is 4.69. The van der Waals surface area contributed by atoms with Crippen molar-refractivity contribution >= 4 is 17.3 Å². The van der Waals surface area contributed by atoms with Crippen molar-refractivity contribution in [1.29, 1.82) is 0 Å². The number of guanidine groups is 1. The minimum Gasteiger partial charge on any atom is -0.370 e. The smallest absolute Gasteiger partial charge is 0.191 e. The monoisotopic (exact) mass is 238 g/mol. The van der Waals surface area contributed by atoms with Crippen molar-refractivity contribution < 1.29 is 0 Å². The second kappa shape index (κ2) is 4.41. The van der Waals surface area contributed by atoms with E-state index in [2.05, 4.69) is 21.8 Å². The molecule has 0 atom stereocenters. The van der Waals surface area contributed by atoms with E-state index >= 15 is 0 Å². The highest BCUT2D eigenvalue weighted by Crippen LogP contribution is 2.25. The Morgan fingerprint density at radius 2 is 2.25 bits per heavy atom. The molecule has 5 heteroatoms. The molecule has 2 rings (SSSR count). The van der Waals surface area contributed by atoms with E-state index in [9.17, 15) is 0 Å². The van der Waals surface area contributed by atoms with Crippen molar-refractivity contribution in [3.63, 3.8) is 0 Å². The van der Waals surface area contributed by atoms with Crippen molar-refractivity contribution in [3.05, 3.63) is 15.6 Å². The van der Waals surface area contributed by atoms with Gasteiger partial charge in [-0.05, 0) is 26.7 Å². The fraction of sp³-hybridized carbons (Fsp3) is 0.636. The van der Waals surface area contributed by atoms with Crippen LogP contribution < -0.4 is 5.73 Å². The van der Waals surface area contributed by atoms with Gasteiger partial charge in [-0.25, -0.2) is 9.98 Å². The van der Waals surface area contributed by atoms with Gasteiger partial charge in [0.1, 0.15) is 0 Å². The highest BCUT2D eigenvalue weighted by atomic mass is 32.1. The van der Waals surface area contributed by atoms with Gasteiger partial charge in [-0.15, -0.1) is 11.3 Å². The first kappa shape index (κ1) is 11.4. The molecule has 88 valence electrons. The molecule has 16 heavy (non-hydrogen) atoms. The van der Waals surface area contributed by atoms with Gasteiger partial charge in [0.15, 0.2) is 5.96 Å². The summed E-state index contributed by atoms with van der Waals surface area (Å²) >= 11 is 1.71. The molecule has 0 aromatic carbocycles. The van der Waals surface area contributed by atoms with E-state index < -0.39 is 0 Å². The van der Waals surface area contributed by atoms with Gasteiger partial charge in [0.2, 0.25) is 0 Å². The minimum absolute atomic E-state index is 0.596. The second-order valence-corrected chi connectivity index (χ2v) is 5.66. The van der Waals surface area contributed by atoms with Gasteiger partial charge in [0, 0.05) is 18.0 Å². The Bertz CT molecular complexity index is 406. The molecule has 0 spiro atoms. The van der Waals surface area contributed by atoms with Crippen LogP contribution in [-0.2, 0) is 6.54 Å². The summed E-state index contributed by atoms with van der Waals surface area (Å²) < 4.78 is 0. The maximum atomic E-state index is 5.91. The van der Waals surface area contributed by atoms with Crippen LogP contribution in [0.5, 0.6) is 0 Å². The third-order valence-corrected chi connectivity index (χ3v) is 3.77. The Hall–Kier alpha value is -1.10. The normalized spacial score (nSPS) is 16.6. The molecule has 0 unspecified atom stereocenters. The molecule has 4 nitrogen and oxygen atoms in total. The van der Waals surface area contributed by atoms with Gasteiger partial charge in [-0.3, -0.25) is 0 Å². The number of aliphatic imine (C=N–C) groups is 1. The summed E-state index contributed by atoms with van der Waals surface area (Å²) in [5, 5.41) is 1.09. The zero-order valence-electron chi connectivity index (χ0n) is 10.0. The fourth-order valence-corrected chi connectivity index (χ4v) is 2.46. The van der Waals surface area contributed by atoms with E-state index in [1.165, 1.54) is 17.7 Å². The number of thiazole rings is 1. The van der Waals surface area contributed by atoms with Gasteiger partial charge >= 0.3 is 0 Å². The molecule has 0 amide bonds. The lowest BCUT2D eigenvalue weighted by Crippen LogP contribution is -2.35. The van der Waals surface area contributed by atoms with Gasteiger partial charge in [0.25, 0.3) is 0 Å². The number of nitrogens with zero attached hydrogens (tertiary/aromatic N) is 3. The average molecular weight is 238 g/mol. The van der Waals surface area contributed by atoms with Gasteiger partial charge in [-0.2, -0.15) is 0 Å². The van der Waals surface area contributed by atoms with E-state index in [0.717, 1.165) is 10.7 Å². The quantitative estimate of drug-likeness (QED) is 0.644. The Balaban J connectivity index is 1.99. The van der Waals surface area contributed by atoms with E-state index in [1.54, 1.807) is 11.3 Å². The van der Waals surface area contributed by atoms with Crippen LogP contribution in [0.4, 0.5) is 0 Å². The first-order chi connectivity index (χ1) is 7.58. The summed E-state index contributed by atoms with van der Waals surface area (Å²) in [6, 6.07) is 0.613. The Kier molecular flexibility index (Phi) is 3.14. The molecule has 0 radical (unpaired) electrons. The van der Waals surface area contributed by atoms with Crippen LogP contribution in [0.1, 0.15) is 28.4 Å². The maximum absolute atomic E-state index is 5.91. The molecule has 1 fully saturated rings. The number of rotatable bonds is 3. The van der Waals surface area contributed by atoms with Crippen molar-refractivity contribution in [1.82, 2.24) is 9.88 Å². The van der Waals surface area contributed by atoms with Crippen molar-refractivity contribution in [3.8, 4) is 0 Å². The zero-order valence-corrected chi connectivity index (χ0v) is 10.8. The number of aryl methyl sites for hydroxylation is 2. The standard InChI is InChI=1S/C11H18N4S/c1-7-10(14-8(2)16-7)6-13-11(12)15(3)9-4-5-9/h9H,4-6H2,1-3H3,(H2,12,13). The van der Waals surface area contributed by atoms with Gasteiger partial charge in [0.05, 0.1) is 17.2 Å². The van der Waals surface area contributed by atoms with Gasteiger partial charge < -0.3 is 10.6 Å². The van der Waals surface area contributed by atoms with Gasteiger partial charge in [-0.1, -0.05) is 0 Å². The van der Waals surface area contributed by atoms with Crippen LogP contribution >= 0.6 is 11.3 Å². The van der Waals surface area contributed by atoms with Crippen molar-refractivity contribution in [2.45, 2.75) is 39.3 Å². The molecule has 0 saturated heterocycles. The molecule has 1 aliphatic rings. The third-order valence-electron chi connectivity index (χ3n) is 2.85. The highest BCUT2D eigenvalue weighted by molar-refractivity contribution is 7.11. The summed E-state index contributed by atoms with van der Waals surface area (Å²) in [6.07, 6.45) is 2.48. The molecule has 2 N–H and O–H groups in total. The lowest BCUT2D eigenvalue weighted by molar-refractivity contribution is 0.487. The van der Waals surface area contributed by atoms with Crippen molar-refractivity contribution in [2.24, 2.45) is 10.7 Å². The Labute approximate surface area is 100 Å². The Morgan fingerprint density at radius 1 is 1.56 bits per heavy atom. The molecular formula is C11H18N4S. The van der Waals surface area contributed by atoms with Crippen LogP contribution in [0.3, 0.4) is 0 Å². The summed E-state index contributed by atoms with van der Waals surface area (Å²) in [4.78, 5) is 12.1. The van der Waals surface area contributed by atoms with Crippen LogP contribution in [0, 0.1) is 13.8 Å². The molecule has 1 heterocycles. The summed E-state index contributed by atoms with van der Waals surface area (Å²) in [7, 11) is 2.01. The second-order valence-electron chi connectivity index (χ2n) is 4.25. The van der Waals surface area contributed by atoms with Crippen molar-refractivity contribution in [2.75, 3.05) is 7.05 Å². The molecule has 1 saturated carbocycles. The predicted octanol–water partition coefficient (Wildman–Crippen LogP) is 1.67. The number of aromatic nitrogens is 1. The molecule has 1 aromatic heterocycles. The maximum Gasteiger partial charge on any atom is 0.191 e. The summed E-state index contributed by atoms with van der Waals surface area (Å²) in [5.74, 6) is 0.632. The first-order valence-corrected chi connectivity index (χ1v) is 6.35. The first-order valence-electron chi connectivity index (χ1n) is 5.53. The fourth-order valence-electron chi connectivity index (χ4n) is 1.64. The van der Waals surface area contributed by atoms with E-state index in [0.29, 0.717) is 18.5 Å². The molecule has 1 aliphatic carbocycles. The summed E-state index contributed by atoms with van der Waals surface area (Å²) in [5.41, 5.74) is 6.97. The highest BCUT2D eigenvalue weighted by Gasteiger charge is 2.27. The van der Waals surface area contributed by atoms with E-state index in [-0.39, 0.29) is 0 Å². The SMILES string of the molecule is Cc1nc(CN=C(N)N(C)C2CC2)c(C)s1. The van der Waals surface area contributed by atoms with E-state index in [1.807, 2.05) is 14.0 Å². The molecule has 1 aromatic rings. The molecular weight excluding hydrogens is 220 g/mol. The van der Waals surface area contributed by atoms with Crippen LogP contribution in [-0.4, -0.2) is 28.9 Å². The predicted molar refractivity (Wildman–Crippen MR) is 67.7 cm³/mol. The largest absolute Gasteiger partial charge is 0.370 e. The lowest BCUT2D eigenvalue weighted by Gasteiger charge is -2.16. The topological polar surface area (TPSA) is 54.5 Å². The zero-order chi connectivity index (χ0) is 11.7.